The SMILES string of the molecule is CCN1C(=O)C(Nc2cccc(Cl)c2C)=C(c2ccc(C)cc2C)C1=O. The summed E-state index contributed by atoms with van der Waals surface area (Å²) >= 11 is 6.20. The molecule has 3 rings (SSSR count). The number of likely N-dealkylation sites (N-methyl/N-ethyl adjacent to an activating group) is 1. The molecular formula is C21H21ClN2O2. The lowest BCUT2D eigenvalue weighted by Crippen LogP contribution is -2.32. The summed E-state index contributed by atoms with van der Waals surface area (Å²) in [4.78, 5) is 27.0. The zero-order chi connectivity index (χ0) is 19.0. The van der Waals surface area contributed by atoms with E-state index in [1.807, 2.05) is 51.1 Å². The first-order valence-electron chi connectivity index (χ1n) is 8.55. The van der Waals surface area contributed by atoms with E-state index in [9.17, 15) is 9.59 Å². The van der Waals surface area contributed by atoms with Gasteiger partial charge in [-0.25, -0.2) is 0 Å². The molecule has 1 N–H and O–H groups in total. The molecule has 0 bridgehead atoms. The normalized spacial score (nSPS) is 14.4. The molecule has 0 spiro atoms. The van der Waals surface area contributed by atoms with Crippen molar-refractivity contribution in [1.29, 1.82) is 0 Å². The largest absolute Gasteiger partial charge is 0.350 e. The Morgan fingerprint density at radius 1 is 1.04 bits per heavy atom. The summed E-state index contributed by atoms with van der Waals surface area (Å²) in [5.74, 6) is -0.585. The molecule has 0 atom stereocenters. The Kier molecular flexibility index (Phi) is 4.88. The highest BCUT2D eigenvalue weighted by atomic mass is 35.5. The number of hydrogen-bond acceptors (Lipinski definition) is 3. The second kappa shape index (κ2) is 6.96. The van der Waals surface area contributed by atoms with Crippen LogP contribution in [0.2, 0.25) is 5.02 Å². The van der Waals surface area contributed by atoms with Crippen molar-refractivity contribution in [2.75, 3.05) is 11.9 Å². The van der Waals surface area contributed by atoms with Gasteiger partial charge in [-0.1, -0.05) is 41.4 Å². The summed E-state index contributed by atoms with van der Waals surface area (Å²) in [6.45, 7) is 7.94. The minimum atomic E-state index is -0.313. The molecule has 5 heteroatoms. The number of imide groups is 1. The molecule has 134 valence electrons. The molecule has 0 aliphatic carbocycles. The number of nitrogens with one attached hydrogen (secondary N) is 1. The summed E-state index contributed by atoms with van der Waals surface area (Å²) in [6.07, 6.45) is 0. The van der Waals surface area contributed by atoms with Crippen molar-refractivity contribution in [2.45, 2.75) is 27.7 Å². The molecular weight excluding hydrogens is 348 g/mol. The van der Waals surface area contributed by atoms with Gasteiger partial charge >= 0.3 is 0 Å². The van der Waals surface area contributed by atoms with E-state index < -0.39 is 0 Å². The van der Waals surface area contributed by atoms with E-state index in [0.29, 0.717) is 28.5 Å². The van der Waals surface area contributed by atoms with Crippen molar-refractivity contribution in [1.82, 2.24) is 4.90 Å². The number of halogens is 1. The summed E-state index contributed by atoms with van der Waals surface area (Å²) in [7, 11) is 0. The highest BCUT2D eigenvalue weighted by molar-refractivity contribution is 6.37. The molecule has 2 aromatic rings. The fraction of sp³-hybridized carbons (Fsp3) is 0.238. The van der Waals surface area contributed by atoms with Crippen LogP contribution in [-0.4, -0.2) is 23.3 Å². The maximum absolute atomic E-state index is 12.9. The second-order valence-electron chi connectivity index (χ2n) is 6.46. The van der Waals surface area contributed by atoms with Gasteiger partial charge < -0.3 is 5.32 Å². The zero-order valence-corrected chi connectivity index (χ0v) is 16.1. The molecule has 0 saturated carbocycles. The van der Waals surface area contributed by atoms with Crippen molar-refractivity contribution < 1.29 is 9.59 Å². The van der Waals surface area contributed by atoms with Crippen LogP contribution in [0.15, 0.2) is 42.1 Å². The van der Waals surface area contributed by atoms with Crippen LogP contribution in [0.25, 0.3) is 5.57 Å². The van der Waals surface area contributed by atoms with Crippen molar-refractivity contribution in [2.24, 2.45) is 0 Å². The van der Waals surface area contributed by atoms with E-state index >= 15 is 0 Å². The fourth-order valence-electron chi connectivity index (χ4n) is 3.20. The Hall–Kier alpha value is -2.59. The minimum absolute atomic E-state index is 0.272. The number of amides is 2. The molecule has 26 heavy (non-hydrogen) atoms. The Bertz CT molecular complexity index is 947. The monoisotopic (exact) mass is 368 g/mol. The Labute approximate surface area is 158 Å². The highest BCUT2D eigenvalue weighted by Gasteiger charge is 2.38. The number of hydrogen-bond donors (Lipinski definition) is 1. The van der Waals surface area contributed by atoms with Crippen molar-refractivity contribution >= 4 is 34.7 Å². The third kappa shape index (κ3) is 3.01. The van der Waals surface area contributed by atoms with Gasteiger partial charge in [0.05, 0.1) is 5.57 Å². The fourth-order valence-corrected chi connectivity index (χ4v) is 3.38. The molecule has 0 aromatic heterocycles. The summed E-state index contributed by atoms with van der Waals surface area (Å²) in [6, 6.07) is 11.3. The summed E-state index contributed by atoms with van der Waals surface area (Å²) in [5.41, 5.74) is 5.10. The Morgan fingerprint density at radius 2 is 1.77 bits per heavy atom. The number of benzene rings is 2. The first-order valence-corrected chi connectivity index (χ1v) is 8.93. The number of carbonyl (C=O) groups is 2. The third-order valence-corrected chi connectivity index (χ3v) is 5.07. The number of rotatable bonds is 4. The highest BCUT2D eigenvalue weighted by Crippen LogP contribution is 2.33. The average molecular weight is 369 g/mol. The van der Waals surface area contributed by atoms with Crippen LogP contribution in [0.3, 0.4) is 0 Å². The summed E-state index contributed by atoms with van der Waals surface area (Å²) < 4.78 is 0. The smallest absolute Gasteiger partial charge is 0.278 e. The molecule has 1 aliphatic heterocycles. The van der Waals surface area contributed by atoms with Gasteiger partial charge in [-0.15, -0.1) is 0 Å². The number of nitrogens with zero attached hydrogens (tertiary/aromatic N) is 1. The first kappa shape index (κ1) is 18.2. The second-order valence-corrected chi connectivity index (χ2v) is 6.87. The molecule has 0 unspecified atom stereocenters. The minimum Gasteiger partial charge on any atom is -0.350 e. The summed E-state index contributed by atoms with van der Waals surface area (Å²) in [5, 5.41) is 3.77. The van der Waals surface area contributed by atoms with Crippen molar-refractivity contribution in [3.05, 3.63) is 69.4 Å². The lowest BCUT2D eigenvalue weighted by atomic mass is 9.97. The van der Waals surface area contributed by atoms with E-state index in [2.05, 4.69) is 5.32 Å². The topological polar surface area (TPSA) is 49.4 Å². The van der Waals surface area contributed by atoms with E-state index in [0.717, 1.165) is 22.3 Å². The zero-order valence-electron chi connectivity index (χ0n) is 15.3. The van der Waals surface area contributed by atoms with Gasteiger partial charge in [0.15, 0.2) is 0 Å². The van der Waals surface area contributed by atoms with Gasteiger partial charge in [0.2, 0.25) is 0 Å². The van der Waals surface area contributed by atoms with Crippen LogP contribution in [-0.2, 0) is 9.59 Å². The molecule has 0 radical (unpaired) electrons. The lowest BCUT2D eigenvalue weighted by Gasteiger charge is -2.13. The molecule has 0 saturated heterocycles. The molecule has 1 heterocycles. The Balaban J connectivity index is 2.17. The quantitative estimate of drug-likeness (QED) is 0.809. The number of anilines is 1. The van der Waals surface area contributed by atoms with Crippen LogP contribution in [0.4, 0.5) is 5.69 Å². The van der Waals surface area contributed by atoms with Crippen molar-refractivity contribution in [3.63, 3.8) is 0 Å². The van der Waals surface area contributed by atoms with Gasteiger partial charge in [0.25, 0.3) is 11.8 Å². The maximum Gasteiger partial charge on any atom is 0.278 e. The number of aryl methyl sites for hydroxylation is 2. The first-order chi connectivity index (χ1) is 12.3. The lowest BCUT2D eigenvalue weighted by molar-refractivity contribution is -0.136. The van der Waals surface area contributed by atoms with E-state index in [-0.39, 0.29) is 11.8 Å². The van der Waals surface area contributed by atoms with Gasteiger partial charge in [-0.3, -0.25) is 14.5 Å². The van der Waals surface area contributed by atoms with E-state index in [1.54, 1.807) is 13.0 Å². The van der Waals surface area contributed by atoms with Crippen LogP contribution < -0.4 is 5.32 Å². The molecule has 4 nitrogen and oxygen atoms in total. The third-order valence-electron chi connectivity index (χ3n) is 4.66. The Morgan fingerprint density at radius 3 is 2.42 bits per heavy atom. The number of carbonyl (C=O) groups excluding carboxylic acids is 2. The molecule has 2 aromatic carbocycles. The average Bonchev–Trinajstić information content (AvgIpc) is 2.82. The maximum atomic E-state index is 12.9. The molecule has 0 fully saturated rings. The van der Waals surface area contributed by atoms with Crippen LogP contribution in [0.5, 0.6) is 0 Å². The predicted octanol–water partition coefficient (Wildman–Crippen LogP) is 4.48. The molecule has 2 amide bonds. The van der Waals surface area contributed by atoms with Gasteiger partial charge in [-0.2, -0.15) is 0 Å². The van der Waals surface area contributed by atoms with Gasteiger partial charge in [0, 0.05) is 17.3 Å². The predicted molar refractivity (Wildman–Crippen MR) is 105 cm³/mol. The van der Waals surface area contributed by atoms with Crippen molar-refractivity contribution in [3.8, 4) is 0 Å². The van der Waals surface area contributed by atoms with Gasteiger partial charge in [-0.05, 0) is 56.5 Å². The van der Waals surface area contributed by atoms with Crippen LogP contribution in [0, 0.1) is 20.8 Å². The standard InChI is InChI=1S/C21H21ClN2O2/c1-5-24-20(25)18(15-10-9-12(2)11-13(15)3)19(21(24)26)23-17-8-6-7-16(22)14(17)4/h6-11,23H,5H2,1-4H3. The van der Waals surface area contributed by atoms with Gasteiger partial charge in [0.1, 0.15) is 5.70 Å². The van der Waals surface area contributed by atoms with Crippen LogP contribution >= 0.6 is 11.6 Å². The van der Waals surface area contributed by atoms with E-state index in [4.69, 9.17) is 11.6 Å². The van der Waals surface area contributed by atoms with Crippen LogP contribution in [0.1, 0.15) is 29.2 Å². The molecule has 1 aliphatic rings. The van der Waals surface area contributed by atoms with E-state index in [1.165, 1.54) is 4.90 Å².